The van der Waals surface area contributed by atoms with Gasteiger partial charge in [0.05, 0.1) is 25.9 Å². The lowest BCUT2D eigenvalue weighted by Crippen LogP contribution is -2.43. The summed E-state index contributed by atoms with van der Waals surface area (Å²) < 4.78 is 11.3. The number of guanidine groups is 1. The molecule has 2 N–H and O–H groups in total. The fraction of sp³-hybridized carbons (Fsp3) is 0.455. The molecule has 0 amide bonds. The third-order valence-corrected chi connectivity index (χ3v) is 5.06. The second-order valence-corrected chi connectivity index (χ2v) is 6.92. The molecule has 2 heterocycles. The van der Waals surface area contributed by atoms with Gasteiger partial charge in [0.15, 0.2) is 5.96 Å². The van der Waals surface area contributed by atoms with E-state index in [1.807, 2.05) is 24.3 Å². The van der Waals surface area contributed by atoms with Crippen molar-refractivity contribution in [1.29, 1.82) is 0 Å². The number of rotatable bonds is 9. The number of hydrogen-bond acceptors (Lipinski definition) is 5. The Morgan fingerprint density at radius 3 is 2.67 bits per heavy atom. The van der Waals surface area contributed by atoms with Crippen molar-refractivity contribution in [3.05, 3.63) is 54.4 Å². The monoisotopic (exact) mass is 525 g/mol. The van der Waals surface area contributed by atoms with Crippen molar-refractivity contribution in [2.75, 3.05) is 46.9 Å². The summed E-state index contributed by atoms with van der Waals surface area (Å²) in [6.07, 6.45) is 5.92. The molecule has 30 heavy (non-hydrogen) atoms. The van der Waals surface area contributed by atoms with Gasteiger partial charge in [0.2, 0.25) is 0 Å². The molecule has 0 spiro atoms. The van der Waals surface area contributed by atoms with Gasteiger partial charge in [0.25, 0.3) is 0 Å². The van der Waals surface area contributed by atoms with Crippen LogP contribution >= 0.6 is 24.0 Å². The molecule has 0 saturated carbocycles. The Balaban J connectivity index is 0.00000320. The van der Waals surface area contributed by atoms with Gasteiger partial charge in [-0.1, -0.05) is 18.2 Å². The van der Waals surface area contributed by atoms with Gasteiger partial charge < -0.3 is 20.1 Å². The van der Waals surface area contributed by atoms with Gasteiger partial charge in [-0.2, -0.15) is 0 Å². The number of aliphatic imine (C=N–C) groups is 1. The lowest BCUT2D eigenvalue weighted by Gasteiger charge is -2.30. The third kappa shape index (κ3) is 7.02. The second kappa shape index (κ2) is 13.3. The van der Waals surface area contributed by atoms with Crippen LogP contribution in [0.5, 0.6) is 11.5 Å². The molecule has 7 nitrogen and oxygen atoms in total. The number of methoxy groups -OCH3 is 1. The van der Waals surface area contributed by atoms with E-state index in [-0.39, 0.29) is 30.0 Å². The van der Waals surface area contributed by atoms with Crippen LogP contribution in [0.4, 0.5) is 0 Å². The predicted octanol–water partition coefficient (Wildman–Crippen LogP) is 3.09. The highest BCUT2D eigenvalue weighted by atomic mass is 127. The zero-order chi connectivity index (χ0) is 20.3. The molecule has 0 bridgehead atoms. The number of aromatic nitrogens is 1. The van der Waals surface area contributed by atoms with Gasteiger partial charge in [-0.25, -0.2) is 0 Å². The van der Waals surface area contributed by atoms with Crippen LogP contribution in [0.15, 0.2) is 53.8 Å². The van der Waals surface area contributed by atoms with E-state index in [2.05, 4.69) is 37.6 Å². The van der Waals surface area contributed by atoms with Crippen LogP contribution < -0.4 is 20.1 Å². The van der Waals surface area contributed by atoms with E-state index in [1.165, 1.54) is 18.4 Å². The zero-order valence-electron chi connectivity index (χ0n) is 17.7. The molecule has 0 radical (unpaired) electrons. The minimum Gasteiger partial charge on any atom is -0.496 e. The van der Waals surface area contributed by atoms with Crippen molar-refractivity contribution in [1.82, 2.24) is 20.5 Å². The molecule has 1 aromatic heterocycles. The maximum atomic E-state index is 5.67. The number of nitrogens with zero attached hydrogens (tertiary/aromatic N) is 3. The van der Waals surface area contributed by atoms with E-state index in [1.54, 1.807) is 26.6 Å². The highest BCUT2D eigenvalue weighted by Crippen LogP contribution is 2.31. The number of pyridine rings is 1. The molecule has 1 aromatic carbocycles. The average Bonchev–Trinajstić information content (AvgIpc) is 3.31. The lowest BCUT2D eigenvalue weighted by molar-refractivity contribution is 0.239. The first kappa shape index (κ1) is 24.2. The SMILES string of the molecule is CN=C(NCCOc1cccnc1)NCC(c1ccccc1OC)N1CCCC1.I. The number of para-hydroxylation sites is 1. The maximum Gasteiger partial charge on any atom is 0.191 e. The van der Waals surface area contributed by atoms with E-state index >= 15 is 0 Å². The topological polar surface area (TPSA) is 71.0 Å². The quantitative estimate of drug-likeness (QED) is 0.227. The van der Waals surface area contributed by atoms with Crippen molar-refractivity contribution >= 4 is 29.9 Å². The molecule has 1 atom stereocenters. The van der Waals surface area contributed by atoms with Gasteiger partial charge in [0.1, 0.15) is 18.1 Å². The summed E-state index contributed by atoms with van der Waals surface area (Å²) in [4.78, 5) is 10.9. The standard InChI is InChI=1S/C22H31N5O2.HI/c1-23-22(25-12-15-29-18-8-7-11-24-16-18)26-17-20(27-13-5-6-14-27)19-9-3-4-10-21(19)28-2;/h3-4,7-11,16,20H,5-6,12-15,17H2,1-2H3,(H2,23,25,26);1H. The first-order valence-corrected chi connectivity index (χ1v) is 10.2. The molecule has 8 heteroatoms. The van der Waals surface area contributed by atoms with Crippen molar-refractivity contribution < 1.29 is 9.47 Å². The molecule has 2 aromatic rings. The smallest absolute Gasteiger partial charge is 0.191 e. The second-order valence-electron chi connectivity index (χ2n) is 6.92. The maximum absolute atomic E-state index is 5.67. The van der Waals surface area contributed by atoms with Crippen LogP contribution in [0, 0.1) is 0 Å². The van der Waals surface area contributed by atoms with Crippen molar-refractivity contribution in [2.24, 2.45) is 4.99 Å². The number of ether oxygens (including phenoxy) is 2. The summed E-state index contributed by atoms with van der Waals surface area (Å²) in [7, 11) is 3.52. The minimum absolute atomic E-state index is 0. The van der Waals surface area contributed by atoms with Gasteiger partial charge in [0, 0.05) is 25.4 Å². The lowest BCUT2D eigenvalue weighted by atomic mass is 10.0. The molecule has 1 aliphatic rings. The summed E-state index contributed by atoms with van der Waals surface area (Å²) in [6.45, 7) is 4.15. The molecule has 3 rings (SSSR count). The predicted molar refractivity (Wildman–Crippen MR) is 131 cm³/mol. The Hall–Kier alpha value is -2.07. The molecule has 1 saturated heterocycles. The van der Waals surface area contributed by atoms with Crippen LogP contribution in [0.2, 0.25) is 0 Å². The Morgan fingerprint density at radius 1 is 1.17 bits per heavy atom. The van der Waals surface area contributed by atoms with Gasteiger partial charge in [-0.15, -0.1) is 24.0 Å². The molecular formula is C22H32IN5O2. The highest BCUT2D eigenvalue weighted by molar-refractivity contribution is 14.0. The van der Waals surface area contributed by atoms with Crippen LogP contribution in [0.1, 0.15) is 24.4 Å². The van der Waals surface area contributed by atoms with Crippen molar-refractivity contribution in [2.45, 2.75) is 18.9 Å². The summed E-state index contributed by atoms with van der Waals surface area (Å²) in [5.74, 6) is 2.46. The Kier molecular flexibility index (Phi) is 10.7. The fourth-order valence-corrected chi connectivity index (χ4v) is 3.62. The number of likely N-dealkylation sites (tertiary alicyclic amines) is 1. The fourth-order valence-electron chi connectivity index (χ4n) is 3.62. The van der Waals surface area contributed by atoms with Gasteiger partial charge >= 0.3 is 0 Å². The Labute approximate surface area is 196 Å². The van der Waals surface area contributed by atoms with E-state index in [0.29, 0.717) is 13.2 Å². The molecule has 164 valence electrons. The van der Waals surface area contributed by atoms with E-state index < -0.39 is 0 Å². The first-order valence-electron chi connectivity index (χ1n) is 10.2. The largest absolute Gasteiger partial charge is 0.496 e. The average molecular weight is 525 g/mol. The van der Waals surface area contributed by atoms with Crippen LogP contribution in [-0.4, -0.2) is 62.8 Å². The van der Waals surface area contributed by atoms with Crippen LogP contribution in [-0.2, 0) is 0 Å². The van der Waals surface area contributed by atoms with E-state index in [9.17, 15) is 0 Å². The van der Waals surface area contributed by atoms with Crippen LogP contribution in [0.3, 0.4) is 0 Å². The van der Waals surface area contributed by atoms with Gasteiger partial charge in [-0.05, 0) is 44.1 Å². The van der Waals surface area contributed by atoms with E-state index in [0.717, 1.165) is 37.1 Å². The normalized spacial score (nSPS) is 15.2. The minimum atomic E-state index is 0. The molecule has 1 unspecified atom stereocenters. The summed E-state index contributed by atoms with van der Waals surface area (Å²) in [6, 6.07) is 12.3. The zero-order valence-corrected chi connectivity index (χ0v) is 20.0. The Morgan fingerprint density at radius 2 is 1.97 bits per heavy atom. The molecule has 1 fully saturated rings. The van der Waals surface area contributed by atoms with Gasteiger partial charge in [-0.3, -0.25) is 14.9 Å². The third-order valence-electron chi connectivity index (χ3n) is 5.06. The molecule has 0 aliphatic carbocycles. The van der Waals surface area contributed by atoms with Crippen LogP contribution in [0.25, 0.3) is 0 Å². The number of benzene rings is 1. The number of nitrogens with one attached hydrogen (secondary N) is 2. The van der Waals surface area contributed by atoms with Crippen molar-refractivity contribution in [3.8, 4) is 11.5 Å². The molecule has 1 aliphatic heterocycles. The first-order chi connectivity index (χ1) is 14.3. The number of hydrogen-bond donors (Lipinski definition) is 2. The highest BCUT2D eigenvalue weighted by Gasteiger charge is 2.25. The Bertz CT molecular complexity index is 769. The number of halogens is 1. The molecular weight excluding hydrogens is 493 g/mol. The summed E-state index contributed by atoms with van der Waals surface area (Å²) >= 11 is 0. The van der Waals surface area contributed by atoms with Crippen molar-refractivity contribution in [3.63, 3.8) is 0 Å². The summed E-state index contributed by atoms with van der Waals surface area (Å²) in [5, 5.41) is 6.78. The summed E-state index contributed by atoms with van der Waals surface area (Å²) in [5.41, 5.74) is 1.21. The van der Waals surface area contributed by atoms with E-state index in [4.69, 9.17) is 9.47 Å².